The quantitative estimate of drug-likeness (QED) is 0.225. The van der Waals surface area contributed by atoms with E-state index in [0.717, 1.165) is 0 Å². The summed E-state index contributed by atoms with van der Waals surface area (Å²) in [5.41, 5.74) is 0.648. The Morgan fingerprint density at radius 1 is 0.943 bits per heavy atom. The van der Waals surface area contributed by atoms with E-state index in [4.69, 9.17) is 16.1 Å². The van der Waals surface area contributed by atoms with Crippen molar-refractivity contribution in [3.8, 4) is 0 Å². The second-order valence-electron chi connectivity index (χ2n) is 10.6. The lowest BCUT2D eigenvalue weighted by molar-refractivity contribution is 0.306. The first kappa shape index (κ1) is 27.9. The molecule has 3 rings (SSSR count). The van der Waals surface area contributed by atoms with Crippen LogP contribution in [0.1, 0.15) is 40.0 Å². The normalized spacial score (nSPS) is 20.9. The van der Waals surface area contributed by atoms with Gasteiger partial charge in [-0.05, 0) is 67.6 Å². The summed E-state index contributed by atoms with van der Waals surface area (Å²) < 4.78 is 58.8. The number of hydrogen-bond acceptors (Lipinski definition) is 6. The van der Waals surface area contributed by atoms with Crippen molar-refractivity contribution in [3.63, 3.8) is 0 Å². The van der Waals surface area contributed by atoms with Crippen LogP contribution in [0.2, 0.25) is 18.1 Å². The lowest BCUT2D eigenvalue weighted by Crippen LogP contribution is -2.39. The Kier molecular flexibility index (Phi) is 8.26. The van der Waals surface area contributed by atoms with Gasteiger partial charge < -0.3 is 4.53 Å². The SMILES string of the molecule is CC(C)(C)[Si](C)(C)O/N=C1/CC(CC(S(=O)(=O)c2ccccc2)S(=O)(=O)c2ccccc2)CC1Cl. The largest absolute Gasteiger partial charge is 0.455 e. The standard InChI is InChI=1S/C25H34ClNO5S2Si/c1-25(2,3)35(4,5)32-27-23-17-19(16-22(23)26)18-24(33(28,29)20-12-8-6-9-13-20)34(30,31)21-14-10-7-11-15-21/h6-15,19,22,24H,16-18H2,1-5H3/b27-23-. The fraction of sp³-hybridized carbons (Fsp3) is 0.480. The van der Waals surface area contributed by atoms with Gasteiger partial charge in [-0.1, -0.05) is 57.2 Å². The Hall–Kier alpha value is -1.68. The lowest BCUT2D eigenvalue weighted by Gasteiger charge is -2.33. The van der Waals surface area contributed by atoms with Gasteiger partial charge in [-0.3, -0.25) is 0 Å². The molecule has 0 N–H and O–H groups in total. The van der Waals surface area contributed by atoms with Crippen LogP contribution in [0.15, 0.2) is 75.6 Å². The van der Waals surface area contributed by atoms with Crippen molar-refractivity contribution < 1.29 is 21.4 Å². The molecule has 0 heterocycles. The van der Waals surface area contributed by atoms with E-state index in [-0.39, 0.29) is 27.2 Å². The number of sulfone groups is 2. The average molecular weight is 556 g/mol. The number of alkyl halides is 1. The summed E-state index contributed by atoms with van der Waals surface area (Å²) in [6, 6.07) is 15.5. The van der Waals surface area contributed by atoms with Crippen molar-refractivity contribution in [1.82, 2.24) is 0 Å². The molecule has 2 aromatic carbocycles. The number of nitrogens with zero attached hydrogens (tertiary/aromatic N) is 1. The van der Waals surface area contributed by atoms with Gasteiger partial charge >= 0.3 is 0 Å². The van der Waals surface area contributed by atoms with Crippen LogP contribution in [0.25, 0.3) is 0 Å². The Balaban J connectivity index is 1.93. The summed E-state index contributed by atoms with van der Waals surface area (Å²) in [4.78, 5) is -0.0276. The molecule has 1 aliphatic carbocycles. The predicted molar refractivity (Wildman–Crippen MR) is 144 cm³/mol. The molecule has 1 aliphatic rings. The van der Waals surface area contributed by atoms with Gasteiger partial charge in [0.25, 0.3) is 8.32 Å². The predicted octanol–water partition coefficient (Wildman–Crippen LogP) is 6.05. The van der Waals surface area contributed by atoms with Crippen LogP contribution in [0.4, 0.5) is 0 Å². The highest BCUT2D eigenvalue weighted by Gasteiger charge is 2.44. The minimum atomic E-state index is -4.18. The smallest absolute Gasteiger partial charge is 0.286 e. The molecule has 2 aromatic rings. The Labute approximate surface area is 215 Å². The molecule has 1 saturated carbocycles. The van der Waals surface area contributed by atoms with Crippen molar-refractivity contribution in [3.05, 3.63) is 60.7 Å². The number of oxime groups is 1. The molecule has 0 bridgehead atoms. The van der Waals surface area contributed by atoms with E-state index in [2.05, 4.69) is 39.0 Å². The molecular weight excluding hydrogens is 522 g/mol. The van der Waals surface area contributed by atoms with Gasteiger partial charge in [0.2, 0.25) is 0 Å². The molecule has 0 spiro atoms. The molecule has 1 fully saturated rings. The third kappa shape index (κ3) is 6.18. The van der Waals surface area contributed by atoms with Gasteiger partial charge in [0.1, 0.15) is 0 Å². The van der Waals surface area contributed by atoms with E-state index in [9.17, 15) is 16.8 Å². The van der Waals surface area contributed by atoms with Gasteiger partial charge in [-0.2, -0.15) is 0 Å². The zero-order chi connectivity index (χ0) is 26.1. The number of hydrogen-bond donors (Lipinski definition) is 0. The van der Waals surface area contributed by atoms with E-state index >= 15 is 0 Å². The maximum Gasteiger partial charge on any atom is 0.286 e. The molecule has 2 unspecified atom stereocenters. The monoisotopic (exact) mass is 555 g/mol. The topological polar surface area (TPSA) is 89.9 Å². The highest BCUT2D eigenvalue weighted by molar-refractivity contribution is 8.09. The first-order valence-electron chi connectivity index (χ1n) is 11.6. The maximum atomic E-state index is 13.6. The summed E-state index contributed by atoms with van der Waals surface area (Å²) in [7, 11) is -10.5. The van der Waals surface area contributed by atoms with Crippen LogP contribution in [-0.4, -0.2) is 40.8 Å². The molecule has 6 nitrogen and oxygen atoms in total. The Bertz CT molecular complexity index is 1190. The summed E-state index contributed by atoms with van der Waals surface area (Å²) in [6.07, 6.45) is 0.761. The molecule has 0 aromatic heterocycles. The molecule has 192 valence electrons. The van der Waals surface area contributed by atoms with E-state index in [0.29, 0.717) is 18.6 Å². The first-order valence-corrected chi connectivity index (χ1v) is 18.1. The van der Waals surface area contributed by atoms with Crippen molar-refractivity contribution >= 4 is 45.3 Å². The van der Waals surface area contributed by atoms with Crippen LogP contribution in [0.5, 0.6) is 0 Å². The van der Waals surface area contributed by atoms with E-state index in [1.807, 2.05) is 0 Å². The summed E-state index contributed by atoms with van der Waals surface area (Å²) in [5, 5.41) is 3.93. The molecule has 0 radical (unpaired) electrons. The van der Waals surface area contributed by atoms with Gasteiger partial charge in [0, 0.05) is 0 Å². The Morgan fingerprint density at radius 2 is 1.40 bits per heavy atom. The third-order valence-corrected chi connectivity index (χ3v) is 16.7. The van der Waals surface area contributed by atoms with Crippen LogP contribution >= 0.6 is 11.6 Å². The van der Waals surface area contributed by atoms with Crippen LogP contribution in [-0.2, 0) is 24.2 Å². The second kappa shape index (κ2) is 10.4. The van der Waals surface area contributed by atoms with Gasteiger partial charge in [0.05, 0.1) is 20.9 Å². The highest BCUT2D eigenvalue weighted by Crippen LogP contribution is 2.39. The van der Waals surface area contributed by atoms with Crippen molar-refractivity contribution in [1.29, 1.82) is 0 Å². The maximum absolute atomic E-state index is 13.6. The summed E-state index contributed by atoms with van der Waals surface area (Å²) >= 11 is 6.57. The lowest BCUT2D eigenvalue weighted by atomic mass is 10.1. The fourth-order valence-electron chi connectivity index (χ4n) is 3.74. The zero-order valence-electron chi connectivity index (χ0n) is 20.8. The average Bonchev–Trinajstić information content (AvgIpc) is 3.15. The summed E-state index contributed by atoms with van der Waals surface area (Å²) in [6.45, 7) is 10.5. The minimum absolute atomic E-state index is 0.0138. The molecule has 0 saturated heterocycles. The number of halogens is 1. The highest BCUT2D eigenvalue weighted by atomic mass is 35.5. The Morgan fingerprint density at radius 3 is 1.83 bits per heavy atom. The molecular formula is C25H34ClNO5S2Si. The van der Waals surface area contributed by atoms with E-state index < -0.39 is 38.0 Å². The van der Waals surface area contributed by atoms with Gasteiger partial charge in [0.15, 0.2) is 24.3 Å². The van der Waals surface area contributed by atoms with E-state index in [1.165, 1.54) is 24.3 Å². The molecule has 0 aliphatic heterocycles. The minimum Gasteiger partial charge on any atom is -0.455 e. The molecule has 10 heteroatoms. The molecule has 35 heavy (non-hydrogen) atoms. The van der Waals surface area contributed by atoms with E-state index in [1.54, 1.807) is 36.4 Å². The third-order valence-electron chi connectivity index (χ3n) is 6.96. The van der Waals surface area contributed by atoms with Crippen molar-refractivity contribution in [2.75, 3.05) is 0 Å². The number of benzene rings is 2. The first-order chi connectivity index (χ1) is 16.2. The van der Waals surface area contributed by atoms with Crippen LogP contribution < -0.4 is 0 Å². The van der Waals surface area contributed by atoms with Gasteiger partial charge in [-0.15, -0.1) is 16.8 Å². The molecule has 2 atom stereocenters. The van der Waals surface area contributed by atoms with Gasteiger partial charge in [-0.25, -0.2) is 16.8 Å². The summed E-state index contributed by atoms with van der Waals surface area (Å²) in [5.74, 6) is -0.263. The van der Waals surface area contributed by atoms with Crippen LogP contribution in [0, 0.1) is 5.92 Å². The van der Waals surface area contributed by atoms with Crippen molar-refractivity contribution in [2.24, 2.45) is 11.1 Å². The second-order valence-corrected chi connectivity index (χ2v) is 20.4. The van der Waals surface area contributed by atoms with Crippen LogP contribution in [0.3, 0.4) is 0 Å². The zero-order valence-corrected chi connectivity index (χ0v) is 24.2. The van der Waals surface area contributed by atoms with Crippen molar-refractivity contribution in [2.45, 2.75) is 77.9 Å². The fourth-order valence-corrected chi connectivity index (χ4v) is 9.47. The number of rotatable bonds is 8. The molecule has 0 amide bonds.